The molecule has 0 aliphatic carbocycles. The Hall–Kier alpha value is -0.700. The molecule has 0 spiro atoms. The minimum absolute atomic E-state index is 0.0833. The van der Waals surface area contributed by atoms with Gasteiger partial charge in [-0.15, -0.1) is 0 Å². The SMILES string of the molecule is COC1N(C)C=C(C)N1C. The highest BCUT2D eigenvalue weighted by molar-refractivity contribution is 5.02. The van der Waals surface area contributed by atoms with Crippen molar-refractivity contribution in [2.45, 2.75) is 13.3 Å². The highest BCUT2D eigenvalue weighted by Crippen LogP contribution is 2.17. The van der Waals surface area contributed by atoms with Crippen molar-refractivity contribution in [2.75, 3.05) is 21.2 Å². The molecule has 0 amide bonds. The van der Waals surface area contributed by atoms with E-state index in [1.54, 1.807) is 7.11 Å². The van der Waals surface area contributed by atoms with E-state index in [0.717, 1.165) is 0 Å². The van der Waals surface area contributed by atoms with Crippen LogP contribution in [0.5, 0.6) is 0 Å². The number of allylic oxidation sites excluding steroid dienone is 1. The van der Waals surface area contributed by atoms with Gasteiger partial charge in [-0.1, -0.05) is 0 Å². The first-order valence-corrected chi connectivity index (χ1v) is 3.33. The molecule has 0 aromatic rings. The number of rotatable bonds is 1. The van der Waals surface area contributed by atoms with Crippen molar-refractivity contribution in [1.82, 2.24) is 9.80 Å². The van der Waals surface area contributed by atoms with E-state index >= 15 is 0 Å². The van der Waals surface area contributed by atoms with Gasteiger partial charge in [-0.3, -0.25) is 0 Å². The highest BCUT2D eigenvalue weighted by Gasteiger charge is 2.23. The standard InChI is InChI=1S/C7H14N2O/c1-6-5-8(2)7(10-4)9(6)3/h5,7H,1-4H3. The van der Waals surface area contributed by atoms with Gasteiger partial charge in [-0.05, 0) is 6.92 Å². The van der Waals surface area contributed by atoms with Crippen LogP contribution in [0.1, 0.15) is 6.92 Å². The molecule has 0 aromatic carbocycles. The van der Waals surface area contributed by atoms with E-state index in [-0.39, 0.29) is 6.35 Å². The van der Waals surface area contributed by atoms with E-state index in [0.29, 0.717) is 0 Å². The Bertz CT molecular complexity index is 156. The van der Waals surface area contributed by atoms with Gasteiger partial charge >= 0.3 is 0 Å². The average Bonchev–Trinajstić information content (AvgIpc) is 2.09. The Morgan fingerprint density at radius 2 is 2.10 bits per heavy atom. The molecular formula is C7H14N2O. The third-order valence-corrected chi connectivity index (χ3v) is 1.84. The number of methoxy groups -OCH3 is 1. The fraction of sp³-hybridized carbons (Fsp3) is 0.714. The molecule has 10 heavy (non-hydrogen) atoms. The van der Waals surface area contributed by atoms with Gasteiger partial charge in [0.05, 0.1) is 0 Å². The first kappa shape index (κ1) is 7.41. The second kappa shape index (κ2) is 2.50. The van der Waals surface area contributed by atoms with Crippen molar-refractivity contribution in [3.05, 3.63) is 11.9 Å². The van der Waals surface area contributed by atoms with Gasteiger partial charge in [0.15, 0.2) is 0 Å². The largest absolute Gasteiger partial charge is 0.344 e. The van der Waals surface area contributed by atoms with E-state index in [1.807, 2.05) is 19.0 Å². The lowest BCUT2D eigenvalue weighted by Gasteiger charge is -2.26. The predicted octanol–water partition coefficient (Wildman–Crippen LogP) is 0.655. The van der Waals surface area contributed by atoms with Crippen LogP contribution in [0.3, 0.4) is 0 Å². The van der Waals surface area contributed by atoms with Gasteiger partial charge < -0.3 is 14.5 Å². The number of hydrogen-bond donors (Lipinski definition) is 0. The van der Waals surface area contributed by atoms with Crippen LogP contribution in [0, 0.1) is 0 Å². The van der Waals surface area contributed by atoms with Crippen molar-refractivity contribution >= 4 is 0 Å². The summed E-state index contributed by atoms with van der Waals surface area (Å²) in [6.07, 6.45) is 2.15. The molecule has 0 radical (unpaired) electrons. The molecule has 1 atom stereocenters. The summed E-state index contributed by atoms with van der Waals surface area (Å²) in [5.74, 6) is 0. The monoisotopic (exact) mass is 142 g/mol. The summed E-state index contributed by atoms with van der Waals surface area (Å²) in [4.78, 5) is 4.12. The normalized spacial score (nSPS) is 25.6. The van der Waals surface area contributed by atoms with Crippen LogP contribution < -0.4 is 0 Å². The summed E-state index contributed by atoms with van der Waals surface area (Å²) in [6, 6.07) is 0. The van der Waals surface area contributed by atoms with Crippen LogP contribution in [0.25, 0.3) is 0 Å². The minimum atomic E-state index is 0.0833. The summed E-state index contributed by atoms with van der Waals surface area (Å²) in [6.45, 7) is 2.06. The average molecular weight is 142 g/mol. The lowest BCUT2D eigenvalue weighted by Crippen LogP contribution is -2.36. The maximum atomic E-state index is 5.21. The molecule has 3 nitrogen and oxygen atoms in total. The van der Waals surface area contributed by atoms with Gasteiger partial charge in [-0.25, -0.2) is 0 Å². The number of ether oxygens (including phenoxy) is 1. The summed E-state index contributed by atoms with van der Waals surface area (Å²) < 4.78 is 5.21. The highest BCUT2D eigenvalue weighted by atomic mass is 16.5. The molecule has 1 aliphatic heterocycles. The molecule has 0 N–H and O–H groups in total. The molecule has 0 bridgehead atoms. The molecule has 1 rings (SSSR count). The molecule has 58 valence electrons. The fourth-order valence-electron chi connectivity index (χ4n) is 1.22. The molecule has 0 saturated heterocycles. The van der Waals surface area contributed by atoms with E-state index in [9.17, 15) is 0 Å². The molecule has 0 saturated carbocycles. The van der Waals surface area contributed by atoms with Crippen molar-refractivity contribution < 1.29 is 4.74 Å². The Morgan fingerprint density at radius 3 is 2.30 bits per heavy atom. The zero-order valence-corrected chi connectivity index (χ0v) is 6.96. The van der Waals surface area contributed by atoms with Gasteiger partial charge in [-0.2, -0.15) is 0 Å². The van der Waals surface area contributed by atoms with Crippen LogP contribution in [0.15, 0.2) is 11.9 Å². The number of nitrogens with zero attached hydrogens (tertiary/aromatic N) is 2. The third kappa shape index (κ3) is 0.968. The third-order valence-electron chi connectivity index (χ3n) is 1.84. The zero-order chi connectivity index (χ0) is 7.72. The van der Waals surface area contributed by atoms with E-state index < -0.39 is 0 Å². The van der Waals surface area contributed by atoms with Crippen LogP contribution in [0.2, 0.25) is 0 Å². The van der Waals surface area contributed by atoms with E-state index in [4.69, 9.17) is 4.74 Å². The Balaban J connectivity index is 2.66. The molecule has 3 heteroatoms. The first-order chi connectivity index (χ1) is 4.66. The van der Waals surface area contributed by atoms with Gasteiger partial charge in [0.2, 0.25) is 6.35 Å². The number of hydrogen-bond acceptors (Lipinski definition) is 3. The van der Waals surface area contributed by atoms with Crippen LogP contribution in [-0.2, 0) is 4.74 Å². The van der Waals surface area contributed by atoms with Crippen LogP contribution in [-0.4, -0.2) is 37.4 Å². The zero-order valence-electron chi connectivity index (χ0n) is 6.96. The van der Waals surface area contributed by atoms with E-state index in [1.165, 1.54) is 5.70 Å². The Kier molecular flexibility index (Phi) is 1.85. The molecule has 1 aliphatic rings. The quantitative estimate of drug-likeness (QED) is 0.534. The topological polar surface area (TPSA) is 15.7 Å². The van der Waals surface area contributed by atoms with Gasteiger partial charge in [0, 0.05) is 33.1 Å². The van der Waals surface area contributed by atoms with Crippen molar-refractivity contribution in [1.29, 1.82) is 0 Å². The molecular weight excluding hydrogens is 128 g/mol. The summed E-state index contributed by atoms with van der Waals surface area (Å²) in [7, 11) is 5.73. The Labute approximate surface area is 61.9 Å². The minimum Gasteiger partial charge on any atom is -0.344 e. The Morgan fingerprint density at radius 1 is 1.50 bits per heavy atom. The van der Waals surface area contributed by atoms with Gasteiger partial charge in [0.1, 0.15) is 0 Å². The molecule has 1 unspecified atom stereocenters. The maximum absolute atomic E-state index is 5.21. The molecule has 1 heterocycles. The van der Waals surface area contributed by atoms with Crippen molar-refractivity contribution in [3.8, 4) is 0 Å². The summed E-state index contributed by atoms with van der Waals surface area (Å²) >= 11 is 0. The van der Waals surface area contributed by atoms with Crippen molar-refractivity contribution in [2.24, 2.45) is 0 Å². The summed E-state index contributed by atoms with van der Waals surface area (Å²) in [5.41, 5.74) is 1.23. The van der Waals surface area contributed by atoms with Crippen LogP contribution in [0.4, 0.5) is 0 Å². The second-order valence-electron chi connectivity index (χ2n) is 2.61. The lowest BCUT2D eigenvalue weighted by molar-refractivity contribution is -0.0630. The van der Waals surface area contributed by atoms with Crippen molar-refractivity contribution in [3.63, 3.8) is 0 Å². The predicted molar refractivity (Wildman–Crippen MR) is 40.1 cm³/mol. The lowest BCUT2D eigenvalue weighted by atomic mass is 10.5. The maximum Gasteiger partial charge on any atom is 0.209 e. The molecule has 0 fully saturated rings. The fourth-order valence-corrected chi connectivity index (χ4v) is 1.22. The molecule has 0 aromatic heterocycles. The van der Waals surface area contributed by atoms with Crippen LogP contribution >= 0.6 is 0 Å². The smallest absolute Gasteiger partial charge is 0.209 e. The van der Waals surface area contributed by atoms with E-state index in [2.05, 4.69) is 18.0 Å². The second-order valence-corrected chi connectivity index (χ2v) is 2.61. The summed E-state index contributed by atoms with van der Waals surface area (Å²) in [5, 5.41) is 0. The first-order valence-electron chi connectivity index (χ1n) is 3.33. The van der Waals surface area contributed by atoms with Gasteiger partial charge in [0.25, 0.3) is 0 Å².